The summed E-state index contributed by atoms with van der Waals surface area (Å²) in [6.45, 7) is 0. The van der Waals surface area contributed by atoms with Crippen LogP contribution in [0.25, 0.3) is 11.0 Å². The van der Waals surface area contributed by atoms with Gasteiger partial charge >= 0.3 is 0 Å². The van der Waals surface area contributed by atoms with Gasteiger partial charge in [0.25, 0.3) is 0 Å². The van der Waals surface area contributed by atoms with Gasteiger partial charge in [-0.3, -0.25) is 4.79 Å². The maximum absolute atomic E-state index is 12.4. The molecule has 4 nitrogen and oxygen atoms in total. The van der Waals surface area contributed by atoms with Gasteiger partial charge in [-0.05, 0) is 49.1 Å². The number of aryl methyl sites for hydroxylation is 2. The Kier molecular flexibility index (Phi) is 5.00. The fourth-order valence-electron chi connectivity index (χ4n) is 3.80. The molecule has 0 bridgehead atoms. The van der Waals surface area contributed by atoms with E-state index in [1.165, 1.54) is 24.8 Å². The molecule has 0 unspecified atom stereocenters. The van der Waals surface area contributed by atoms with E-state index in [1.807, 2.05) is 36.4 Å². The third-order valence-corrected chi connectivity index (χ3v) is 5.26. The van der Waals surface area contributed by atoms with E-state index < -0.39 is 0 Å². The zero-order chi connectivity index (χ0) is 17.8. The smallest absolute Gasteiger partial charge is 0.227 e. The second-order valence-corrected chi connectivity index (χ2v) is 7.23. The van der Waals surface area contributed by atoms with E-state index in [9.17, 15) is 4.79 Å². The van der Waals surface area contributed by atoms with Crippen molar-refractivity contribution in [1.82, 2.24) is 9.97 Å². The molecule has 0 radical (unpaired) electrons. The monoisotopic (exact) mass is 347 g/mol. The van der Waals surface area contributed by atoms with Crippen molar-refractivity contribution in [2.24, 2.45) is 5.92 Å². The summed E-state index contributed by atoms with van der Waals surface area (Å²) in [6, 6.07) is 16.3. The lowest BCUT2D eigenvalue weighted by Crippen LogP contribution is -2.24. The summed E-state index contributed by atoms with van der Waals surface area (Å²) in [5, 5.41) is 3.11. The molecule has 1 fully saturated rings. The lowest BCUT2D eigenvalue weighted by Gasteiger charge is -2.20. The number of carbonyl (C=O) groups is 1. The molecule has 0 spiro atoms. The summed E-state index contributed by atoms with van der Waals surface area (Å²) in [7, 11) is 0. The number of aromatic amines is 1. The molecule has 1 aliphatic carbocycles. The summed E-state index contributed by atoms with van der Waals surface area (Å²) < 4.78 is 0. The molecule has 0 saturated heterocycles. The Bertz CT molecular complexity index is 860. The number of benzene rings is 2. The molecule has 3 aromatic rings. The number of amides is 1. The molecular weight excluding hydrogens is 322 g/mol. The minimum Gasteiger partial charge on any atom is -0.342 e. The molecule has 1 aromatic heterocycles. The third-order valence-electron chi connectivity index (χ3n) is 5.26. The molecule has 4 rings (SSSR count). The quantitative estimate of drug-likeness (QED) is 0.692. The van der Waals surface area contributed by atoms with Crippen LogP contribution in [0.15, 0.2) is 48.5 Å². The average Bonchev–Trinajstić information content (AvgIpc) is 3.10. The van der Waals surface area contributed by atoms with Crippen LogP contribution in [0.4, 0.5) is 5.69 Å². The van der Waals surface area contributed by atoms with Crippen molar-refractivity contribution in [3.05, 3.63) is 59.9 Å². The second-order valence-electron chi connectivity index (χ2n) is 7.23. The van der Waals surface area contributed by atoms with Crippen molar-refractivity contribution in [1.29, 1.82) is 0 Å². The maximum atomic E-state index is 12.4. The number of nitrogens with zero attached hydrogens (tertiary/aromatic N) is 1. The van der Waals surface area contributed by atoms with E-state index in [0.29, 0.717) is 0 Å². The largest absolute Gasteiger partial charge is 0.342 e. The number of carbonyl (C=O) groups excluding carboxylic acids is 1. The van der Waals surface area contributed by atoms with Gasteiger partial charge in [0.2, 0.25) is 5.91 Å². The normalized spacial score (nSPS) is 15.2. The zero-order valence-corrected chi connectivity index (χ0v) is 15.0. The maximum Gasteiger partial charge on any atom is 0.227 e. The molecule has 2 N–H and O–H groups in total. The van der Waals surface area contributed by atoms with Crippen molar-refractivity contribution in [2.45, 2.75) is 44.9 Å². The predicted molar refractivity (Wildman–Crippen MR) is 105 cm³/mol. The van der Waals surface area contributed by atoms with E-state index in [2.05, 4.69) is 27.4 Å². The Morgan fingerprint density at radius 3 is 2.73 bits per heavy atom. The number of para-hydroxylation sites is 2. The number of fused-ring (bicyclic) bond motifs is 1. The van der Waals surface area contributed by atoms with Crippen LogP contribution >= 0.6 is 0 Å². The molecule has 2 aromatic carbocycles. The number of nitrogens with one attached hydrogen (secondary N) is 2. The first kappa shape index (κ1) is 16.8. The number of imidazole rings is 1. The number of hydrogen-bond acceptors (Lipinski definition) is 2. The van der Waals surface area contributed by atoms with Gasteiger partial charge in [-0.15, -0.1) is 0 Å². The highest BCUT2D eigenvalue weighted by atomic mass is 16.1. The van der Waals surface area contributed by atoms with Gasteiger partial charge in [0.05, 0.1) is 11.0 Å². The van der Waals surface area contributed by atoms with Crippen molar-refractivity contribution in [3.63, 3.8) is 0 Å². The SMILES string of the molecule is O=C(Nc1cccc(CCc2nc3ccccc3[nH]2)c1)C1CCCCC1. The molecule has 1 aliphatic rings. The summed E-state index contributed by atoms with van der Waals surface area (Å²) in [5.41, 5.74) is 4.21. The van der Waals surface area contributed by atoms with Crippen LogP contribution < -0.4 is 5.32 Å². The molecule has 1 saturated carbocycles. The van der Waals surface area contributed by atoms with Crippen molar-refractivity contribution >= 4 is 22.6 Å². The van der Waals surface area contributed by atoms with E-state index >= 15 is 0 Å². The topological polar surface area (TPSA) is 57.8 Å². The molecule has 26 heavy (non-hydrogen) atoms. The van der Waals surface area contributed by atoms with E-state index in [0.717, 1.165) is 48.2 Å². The molecule has 1 amide bonds. The minimum atomic E-state index is 0.180. The number of aromatic nitrogens is 2. The Hall–Kier alpha value is -2.62. The van der Waals surface area contributed by atoms with Gasteiger partial charge in [-0.2, -0.15) is 0 Å². The number of H-pyrrole nitrogens is 1. The van der Waals surface area contributed by atoms with Crippen LogP contribution in [0.3, 0.4) is 0 Å². The molecule has 0 atom stereocenters. The number of rotatable bonds is 5. The van der Waals surface area contributed by atoms with Gasteiger partial charge in [0, 0.05) is 18.0 Å². The first-order valence-electron chi connectivity index (χ1n) is 9.61. The van der Waals surface area contributed by atoms with Crippen LogP contribution in [0.2, 0.25) is 0 Å². The van der Waals surface area contributed by atoms with Crippen molar-refractivity contribution < 1.29 is 4.79 Å². The Morgan fingerprint density at radius 2 is 1.88 bits per heavy atom. The summed E-state index contributed by atoms with van der Waals surface area (Å²) in [6.07, 6.45) is 7.42. The molecule has 1 heterocycles. The highest BCUT2D eigenvalue weighted by Crippen LogP contribution is 2.25. The Labute approximate surface area is 154 Å². The van der Waals surface area contributed by atoms with Gasteiger partial charge in [0.1, 0.15) is 5.82 Å². The minimum absolute atomic E-state index is 0.180. The Balaban J connectivity index is 1.38. The second kappa shape index (κ2) is 7.73. The van der Waals surface area contributed by atoms with Crippen LogP contribution in [0, 0.1) is 5.92 Å². The molecule has 0 aliphatic heterocycles. The number of anilines is 1. The van der Waals surface area contributed by atoms with Gasteiger partial charge in [0.15, 0.2) is 0 Å². The molecular formula is C22H25N3O. The van der Waals surface area contributed by atoms with Gasteiger partial charge in [-0.1, -0.05) is 43.5 Å². The highest BCUT2D eigenvalue weighted by Gasteiger charge is 2.21. The lowest BCUT2D eigenvalue weighted by molar-refractivity contribution is -0.120. The van der Waals surface area contributed by atoms with Crippen LogP contribution in [0.5, 0.6) is 0 Å². The highest BCUT2D eigenvalue weighted by molar-refractivity contribution is 5.92. The summed E-state index contributed by atoms with van der Waals surface area (Å²) in [4.78, 5) is 20.4. The first-order valence-corrected chi connectivity index (χ1v) is 9.61. The third kappa shape index (κ3) is 3.96. The van der Waals surface area contributed by atoms with Gasteiger partial charge in [-0.25, -0.2) is 4.98 Å². The van der Waals surface area contributed by atoms with Crippen molar-refractivity contribution in [2.75, 3.05) is 5.32 Å². The Morgan fingerprint density at radius 1 is 1.04 bits per heavy atom. The fraction of sp³-hybridized carbons (Fsp3) is 0.364. The van der Waals surface area contributed by atoms with Crippen LogP contribution in [0.1, 0.15) is 43.5 Å². The summed E-state index contributed by atoms with van der Waals surface area (Å²) in [5.74, 6) is 1.37. The first-order chi connectivity index (χ1) is 12.8. The summed E-state index contributed by atoms with van der Waals surface area (Å²) >= 11 is 0. The van der Waals surface area contributed by atoms with Crippen LogP contribution in [-0.2, 0) is 17.6 Å². The van der Waals surface area contributed by atoms with E-state index in [-0.39, 0.29) is 11.8 Å². The van der Waals surface area contributed by atoms with Crippen LogP contribution in [-0.4, -0.2) is 15.9 Å². The lowest BCUT2D eigenvalue weighted by atomic mass is 9.88. The van der Waals surface area contributed by atoms with Gasteiger partial charge < -0.3 is 10.3 Å². The standard InChI is InChI=1S/C22H25N3O/c26-22(17-8-2-1-3-9-17)23-18-10-6-7-16(15-18)13-14-21-24-19-11-4-5-12-20(19)25-21/h4-7,10-12,15,17H,1-3,8-9,13-14H2,(H,23,26)(H,24,25). The van der Waals surface area contributed by atoms with E-state index in [1.54, 1.807) is 0 Å². The van der Waals surface area contributed by atoms with E-state index in [4.69, 9.17) is 0 Å². The molecule has 134 valence electrons. The number of hydrogen-bond donors (Lipinski definition) is 2. The predicted octanol–water partition coefficient (Wildman–Crippen LogP) is 4.87. The fourth-order valence-corrected chi connectivity index (χ4v) is 3.80. The average molecular weight is 347 g/mol. The zero-order valence-electron chi connectivity index (χ0n) is 15.0. The van der Waals surface area contributed by atoms with Crippen molar-refractivity contribution in [3.8, 4) is 0 Å². The molecule has 4 heteroatoms.